The summed E-state index contributed by atoms with van der Waals surface area (Å²) in [5.74, 6) is 0.870. The van der Waals surface area contributed by atoms with E-state index in [1.165, 1.54) is 57.9 Å². The van der Waals surface area contributed by atoms with Gasteiger partial charge in [-0.1, -0.05) is 33.6 Å². The Kier molecular flexibility index (Phi) is 13.3. The maximum atomic E-state index is 5.14. The van der Waals surface area contributed by atoms with Gasteiger partial charge in [-0.05, 0) is 51.0 Å². The predicted molar refractivity (Wildman–Crippen MR) is 81.1 cm³/mol. The molecule has 0 aliphatic carbocycles. The molecule has 0 radical (unpaired) electrons. The van der Waals surface area contributed by atoms with Crippen LogP contribution in [0.15, 0.2) is 0 Å². The molecule has 0 aliphatic rings. The first-order valence-electron chi connectivity index (χ1n) is 8.02. The van der Waals surface area contributed by atoms with Gasteiger partial charge in [-0.2, -0.15) is 0 Å². The SMILES string of the molecule is CCCNC(CCCCOC)C(CCC)CCC. The highest BCUT2D eigenvalue weighted by Crippen LogP contribution is 2.21. The Labute approximate surface area is 115 Å². The zero-order valence-corrected chi connectivity index (χ0v) is 13.1. The van der Waals surface area contributed by atoms with Crippen molar-refractivity contribution < 1.29 is 4.74 Å². The molecule has 1 N–H and O–H groups in total. The summed E-state index contributed by atoms with van der Waals surface area (Å²) in [6.45, 7) is 8.95. The normalized spacial score (nSPS) is 13.2. The molecule has 110 valence electrons. The summed E-state index contributed by atoms with van der Waals surface area (Å²) in [6, 6.07) is 0.724. The van der Waals surface area contributed by atoms with Crippen molar-refractivity contribution in [1.29, 1.82) is 0 Å². The highest BCUT2D eigenvalue weighted by Gasteiger charge is 2.18. The standard InChI is InChI=1S/C16H35NO/c1-5-10-15(11-6-2)16(17-13-7-3)12-8-9-14-18-4/h15-17H,5-14H2,1-4H3. The number of hydrogen-bond acceptors (Lipinski definition) is 2. The van der Waals surface area contributed by atoms with Crippen molar-refractivity contribution in [3.8, 4) is 0 Å². The molecule has 18 heavy (non-hydrogen) atoms. The minimum atomic E-state index is 0.724. The Balaban J connectivity index is 4.13. The molecule has 0 fully saturated rings. The molecule has 2 heteroatoms. The summed E-state index contributed by atoms with van der Waals surface area (Å²) in [7, 11) is 1.80. The summed E-state index contributed by atoms with van der Waals surface area (Å²) in [6.07, 6.45) is 10.4. The minimum Gasteiger partial charge on any atom is -0.385 e. The lowest BCUT2D eigenvalue weighted by Crippen LogP contribution is -2.36. The van der Waals surface area contributed by atoms with E-state index in [4.69, 9.17) is 4.74 Å². The molecule has 0 amide bonds. The molecule has 0 aromatic heterocycles. The maximum Gasteiger partial charge on any atom is 0.0462 e. The Bertz CT molecular complexity index is 155. The largest absolute Gasteiger partial charge is 0.385 e. The molecule has 0 bridgehead atoms. The van der Waals surface area contributed by atoms with E-state index in [0.29, 0.717) is 0 Å². The van der Waals surface area contributed by atoms with Crippen LogP contribution in [0, 0.1) is 5.92 Å². The van der Waals surface area contributed by atoms with Crippen LogP contribution < -0.4 is 5.32 Å². The number of methoxy groups -OCH3 is 1. The van der Waals surface area contributed by atoms with Gasteiger partial charge < -0.3 is 10.1 Å². The number of hydrogen-bond donors (Lipinski definition) is 1. The Morgan fingerprint density at radius 1 is 0.889 bits per heavy atom. The van der Waals surface area contributed by atoms with Gasteiger partial charge >= 0.3 is 0 Å². The van der Waals surface area contributed by atoms with Crippen molar-refractivity contribution in [2.24, 2.45) is 5.92 Å². The molecule has 0 saturated heterocycles. The maximum absolute atomic E-state index is 5.14. The summed E-state index contributed by atoms with van der Waals surface area (Å²) >= 11 is 0. The molecule has 0 aliphatic heterocycles. The highest BCUT2D eigenvalue weighted by molar-refractivity contribution is 4.76. The lowest BCUT2D eigenvalue weighted by atomic mass is 9.87. The summed E-state index contributed by atoms with van der Waals surface area (Å²) < 4.78 is 5.14. The summed E-state index contributed by atoms with van der Waals surface area (Å²) in [4.78, 5) is 0. The fourth-order valence-corrected chi connectivity index (χ4v) is 2.73. The third kappa shape index (κ3) is 8.93. The van der Waals surface area contributed by atoms with E-state index in [2.05, 4.69) is 26.1 Å². The lowest BCUT2D eigenvalue weighted by Gasteiger charge is -2.28. The van der Waals surface area contributed by atoms with Gasteiger partial charge in [-0.3, -0.25) is 0 Å². The topological polar surface area (TPSA) is 21.3 Å². The van der Waals surface area contributed by atoms with Crippen LogP contribution >= 0.6 is 0 Å². The molecule has 2 nitrogen and oxygen atoms in total. The Morgan fingerprint density at radius 2 is 1.56 bits per heavy atom. The van der Waals surface area contributed by atoms with Crippen molar-refractivity contribution in [3.63, 3.8) is 0 Å². The van der Waals surface area contributed by atoms with Crippen molar-refractivity contribution in [1.82, 2.24) is 5.32 Å². The van der Waals surface area contributed by atoms with Crippen LogP contribution in [0.25, 0.3) is 0 Å². The van der Waals surface area contributed by atoms with E-state index in [-0.39, 0.29) is 0 Å². The minimum absolute atomic E-state index is 0.724. The fourth-order valence-electron chi connectivity index (χ4n) is 2.73. The van der Waals surface area contributed by atoms with Crippen LogP contribution in [-0.2, 0) is 4.74 Å². The monoisotopic (exact) mass is 257 g/mol. The Hall–Kier alpha value is -0.0800. The average molecular weight is 257 g/mol. The average Bonchev–Trinajstić information content (AvgIpc) is 2.38. The smallest absolute Gasteiger partial charge is 0.0462 e. The number of nitrogens with one attached hydrogen (secondary N) is 1. The van der Waals surface area contributed by atoms with Gasteiger partial charge in [0.1, 0.15) is 0 Å². The van der Waals surface area contributed by atoms with Crippen molar-refractivity contribution in [2.75, 3.05) is 20.3 Å². The van der Waals surface area contributed by atoms with Gasteiger partial charge in [0.15, 0.2) is 0 Å². The van der Waals surface area contributed by atoms with Crippen molar-refractivity contribution >= 4 is 0 Å². The van der Waals surface area contributed by atoms with E-state index in [0.717, 1.165) is 18.6 Å². The van der Waals surface area contributed by atoms with E-state index in [9.17, 15) is 0 Å². The zero-order chi connectivity index (χ0) is 13.6. The van der Waals surface area contributed by atoms with E-state index in [1.807, 2.05) is 0 Å². The number of rotatable bonds is 13. The first kappa shape index (κ1) is 17.9. The van der Waals surface area contributed by atoms with Crippen LogP contribution in [0.3, 0.4) is 0 Å². The molecule has 0 spiro atoms. The van der Waals surface area contributed by atoms with Crippen LogP contribution in [0.2, 0.25) is 0 Å². The summed E-state index contributed by atoms with van der Waals surface area (Å²) in [5, 5.41) is 3.78. The fraction of sp³-hybridized carbons (Fsp3) is 1.00. The molecular weight excluding hydrogens is 222 g/mol. The highest BCUT2D eigenvalue weighted by atomic mass is 16.5. The van der Waals surface area contributed by atoms with Crippen molar-refractivity contribution in [2.45, 2.75) is 78.2 Å². The molecule has 0 aromatic rings. The third-order valence-corrected chi connectivity index (χ3v) is 3.66. The quantitative estimate of drug-likeness (QED) is 0.494. The first-order valence-corrected chi connectivity index (χ1v) is 8.02. The second kappa shape index (κ2) is 13.4. The van der Waals surface area contributed by atoms with Crippen LogP contribution in [0.1, 0.15) is 72.1 Å². The molecule has 0 aromatic carbocycles. The summed E-state index contributed by atoms with van der Waals surface area (Å²) in [5.41, 5.74) is 0. The van der Waals surface area contributed by atoms with Crippen LogP contribution in [0.4, 0.5) is 0 Å². The molecule has 0 rings (SSSR count). The predicted octanol–water partition coefficient (Wildman–Crippen LogP) is 4.39. The van der Waals surface area contributed by atoms with E-state index < -0.39 is 0 Å². The second-order valence-electron chi connectivity index (χ2n) is 5.39. The molecule has 0 heterocycles. The van der Waals surface area contributed by atoms with Gasteiger partial charge in [0.2, 0.25) is 0 Å². The van der Waals surface area contributed by atoms with Gasteiger partial charge in [-0.15, -0.1) is 0 Å². The number of ether oxygens (including phenoxy) is 1. The van der Waals surface area contributed by atoms with E-state index >= 15 is 0 Å². The van der Waals surface area contributed by atoms with Gasteiger partial charge in [0.05, 0.1) is 0 Å². The van der Waals surface area contributed by atoms with Crippen molar-refractivity contribution in [3.05, 3.63) is 0 Å². The van der Waals surface area contributed by atoms with Gasteiger partial charge in [0, 0.05) is 19.8 Å². The van der Waals surface area contributed by atoms with Gasteiger partial charge in [0.25, 0.3) is 0 Å². The molecule has 0 saturated carbocycles. The molecule has 1 unspecified atom stereocenters. The first-order chi connectivity index (χ1) is 8.79. The van der Waals surface area contributed by atoms with Crippen LogP contribution in [-0.4, -0.2) is 26.3 Å². The van der Waals surface area contributed by atoms with E-state index in [1.54, 1.807) is 7.11 Å². The van der Waals surface area contributed by atoms with Crippen LogP contribution in [0.5, 0.6) is 0 Å². The van der Waals surface area contributed by atoms with Gasteiger partial charge in [-0.25, -0.2) is 0 Å². The second-order valence-corrected chi connectivity index (χ2v) is 5.39. The molecular formula is C16H35NO. The third-order valence-electron chi connectivity index (χ3n) is 3.66. The lowest BCUT2D eigenvalue weighted by molar-refractivity contribution is 0.188. The Morgan fingerprint density at radius 3 is 2.06 bits per heavy atom. The molecule has 1 atom stereocenters. The zero-order valence-electron chi connectivity index (χ0n) is 13.1. The number of unbranched alkanes of at least 4 members (excludes halogenated alkanes) is 1.